The smallest absolute Gasteiger partial charge is 0.259 e. The summed E-state index contributed by atoms with van der Waals surface area (Å²) >= 11 is 5.74. The number of phenolic OH excluding ortho intramolecular Hbond substituents is 1. The van der Waals surface area contributed by atoms with Crippen molar-refractivity contribution in [1.82, 2.24) is 0 Å². The molecule has 0 spiro atoms. The molecule has 98 valence electrons. The van der Waals surface area contributed by atoms with Gasteiger partial charge in [0.2, 0.25) is 0 Å². The maximum Gasteiger partial charge on any atom is 0.259 e. The molecular formula is C15H14ClNO2. The Balaban J connectivity index is 2.26. The molecule has 0 saturated carbocycles. The minimum absolute atomic E-state index is 0.126. The molecule has 0 bridgehead atoms. The van der Waals surface area contributed by atoms with Crippen LogP contribution in [0.4, 0.5) is 5.69 Å². The first kappa shape index (κ1) is 13.4. The molecule has 2 aromatic carbocycles. The van der Waals surface area contributed by atoms with E-state index in [1.807, 2.05) is 31.2 Å². The minimum Gasteiger partial charge on any atom is -0.507 e. The summed E-state index contributed by atoms with van der Waals surface area (Å²) in [7, 11) is 0. The lowest BCUT2D eigenvalue weighted by Crippen LogP contribution is -2.13. The van der Waals surface area contributed by atoms with E-state index in [0.717, 1.165) is 17.7 Å². The van der Waals surface area contributed by atoms with E-state index in [2.05, 4.69) is 5.32 Å². The number of rotatable bonds is 3. The highest BCUT2D eigenvalue weighted by atomic mass is 35.5. The highest BCUT2D eigenvalue weighted by molar-refractivity contribution is 6.31. The Bertz CT molecular complexity index is 611. The Labute approximate surface area is 116 Å². The summed E-state index contributed by atoms with van der Waals surface area (Å²) in [6, 6.07) is 12.0. The molecule has 3 nitrogen and oxygen atoms in total. The molecule has 0 saturated heterocycles. The summed E-state index contributed by atoms with van der Waals surface area (Å²) in [6.45, 7) is 2.02. The normalized spacial score (nSPS) is 10.2. The van der Waals surface area contributed by atoms with Gasteiger partial charge in [0.05, 0.1) is 5.56 Å². The molecule has 4 heteroatoms. The van der Waals surface area contributed by atoms with Gasteiger partial charge in [-0.2, -0.15) is 0 Å². The second kappa shape index (κ2) is 5.76. The Hall–Kier alpha value is -2.00. The number of hydrogen-bond acceptors (Lipinski definition) is 2. The van der Waals surface area contributed by atoms with Crippen molar-refractivity contribution in [3.05, 3.63) is 58.6 Å². The summed E-state index contributed by atoms with van der Waals surface area (Å²) in [6.07, 6.45) is 0.822. The summed E-state index contributed by atoms with van der Waals surface area (Å²) in [5, 5.41) is 12.9. The fourth-order valence-corrected chi connectivity index (χ4v) is 2.00. The van der Waals surface area contributed by atoms with Crippen LogP contribution in [0.15, 0.2) is 42.5 Å². The predicted molar refractivity (Wildman–Crippen MR) is 76.9 cm³/mol. The van der Waals surface area contributed by atoms with Crippen molar-refractivity contribution in [1.29, 1.82) is 0 Å². The maximum absolute atomic E-state index is 12.1. The number of nitrogens with one attached hydrogen (secondary N) is 1. The van der Waals surface area contributed by atoms with Crippen LogP contribution in [0.3, 0.4) is 0 Å². The Kier molecular flexibility index (Phi) is 4.07. The number of amides is 1. The molecule has 19 heavy (non-hydrogen) atoms. The van der Waals surface area contributed by atoms with Gasteiger partial charge in [-0.15, -0.1) is 0 Å². The van der Waals surface area contributed by atoms with Crippen LogP contribution in [0.1, 0.15) is 22.8 Å². The monoisotopic (exact) mass is 275 g/mol. The molecule has 0 aromatic heterocycles. The second-order valence-corrected chi connectivity index (χ2v) is 4.56. The maximum atomic E-state index is 12.1. The molecule has 0 aliphatic heterocycles. The number of aryl methyl sites for hydroxylation is 1. The van der Waals surface area contributed by atoms with Gasteiger partial charge in [-0.1, -0.05) is 36.7 Å². The predicted octanol–water partition coefficient (Wildman–Crippen LogP) is 3.86. The fourth-order valence-electron chi connectivity index (χ4n) is 1.84. The Morgan fingerprint density at radius 1 is 1.26 bits per heavy atom. The van der Waals surface area contributed by atoms with E-state index < -0.39 is 0 Å². The highest BCUT2D eigenvalue weighted by Crippen LogP contribution is 2.24. The number of carbonyl (C=O) groups is 1. The number of hydrogen-bond donors (Lipinski definition) is 2. The van der Waals surface area contributed by atoms with Crippen molar-refractivity contribution in [2.24, 2.45) is 0 Å². The van der Waals surface area contributed by atoms with Gasteiger partial charge in [-0.25, -0.2) is 0 Å². The molecule has 0 aliphatic rings. The average molecular weight is 276 g/mol. The number of carbonyl (C=O) groups excluding carboxylic acids is 1. The van der Waals surface area contributed by atoms with Crippen molar-refractivity contribution < 1.29 is 9.90 Å². The van der Waals surface area contributed by atoms with E-state index in [4.69, 9.17) is 11.6 Å². The topological polar surface area (TPSA) is 49.3 Å². The van der Waals surface area contributed by atoms with Gasteiger partial charge in [0, 0.05) is 10.7 Å². The molecular weight excluding hydrogens is 262 g/mol. The third-order valence-corrected chi connectivity index (χ3v) is 3.09. The second-order valence-electron chi connectivity index (χ2n) is 4.13. The zero-order valence-electron chi connectivity index (χ0n) is 10.5. The molecule has 0 fully saturated rings. The van der Waals surface area contributed by atoms with Crippen LogP contribution in [0, 0.1) is 0 Å². The van der Waals surface area contributed by atoms with Crippen LogP contribution in [-0.4, -0.2) is 11.0 Å². The van der Waals surface area contributed by atoms with Gasteiger partial charge in [0.15, 0.2) is 0 Å². The van der Waals surface area contributed by atoms with E-state index in [9.17, 15) is 9.90 Å². The van der Waals surface area contributed by atoms with Crippen LogP contribution in [0.5, 0.6) is 5.75 Å². The van der Waals surface area contributed by atoms with Gasteiger partial charge < -0.3 is 10.4 Å². The summed E-state index contributed by atoms with van der Waals surface area (Å²) in [5.41, 5.74) is 2.00. The lowest BCUT2D eigenvalue weighted by molar-refractivity contribution is 0.102. The number of phenols is 1. The summed E-state index contributed by atoms with van der Waals surface area (Å²) in [4.78, 5) is 12.1. The molecule has 0 unspecified atom stereocenters. The lowest BCUT2D eigenvalue weighted by atomic mass is 10.1. The van der Waals surface area contributed by atoms with Gasteiger partial charge in [0.25, 0.3) is 5.91 Å². The minimum atomic E-state index is -0.352. The van der Waals surface area contributed by atoms with E-state index in [-0.39, 0.29) is 17.2 Å². The SMILES string of the molecule is CCc1ccccc1NC(=O)c1ccc(Cl)cc1O. The molecule has 0 heterocycles. The highest BCUT2D eigenvalue weighted by Gasteiger charge is 2.12. The van der Waals surface area contributed by atoms with E-state index in [1.165, 1.54) is 12.1 Å². The average Bonchev–Trinajstić information content (AvgIpc) is 2.39. The van der Waals surface area contributed by atoms with E-state index in [1.54, 1.807) is 6.07 Å². The van der Waals surface area contributed by atoms with Crippen LogP contribution < -0.4 is 5.32 Å². The first-order valence-corrected chi connectivity index (χ1v) is 6.37. The van der Waals surface area contributed by atoms with Crippen molar-refractivity contribution in [2.75, 3.05) is 5.32 Å². The lowest BCUT2D eigenvalue weighted by Gasteiger charge is -2.10. The third-order valence-electron chi connectivity index (χ3n) is 2.85. The van der Waals surface area contributed by atoms with Gasteiger partial charge in [0.1, 0.15) is 5.75 Å². The van der Waals surface area contributed by atoms with E-state index in [0.29, 0.717) is 5.02 Å². The zero-order valence-corrected chi connectivity index (χ0v) is 11.2. The molecule has 2 N–H and O–H groups in total. The molecule has 0 aliphatic carbocycles. The molecule has 1 amide bonds. The van der Waals surface area contributed by atoms with Crippen LogP contribution >= 0.6 is 11.6 Å². The van der Waals surface area contributed by atoms with Crippen molar-refractivity contribution in [3.8, 4) is 5.75 Å². The Morgan fingerprint density at radius 3 is 2.68 bits per heavy atom. The quantitative estimate of drug-likeness (QED) is 0.894. The number of para-hydroxylation sites is 1. The van der Waals surface area contributed by atoms with Crippen molar-refractivity contribution in [3.63, 3.8) is 0 Å². The number of halogens is 1. The zero-order chi connectivity index (χ0) is 13.8. The van der Waals surface area contributed by atoms with Crippen LogP contribution in [0.25, 0.3) is 0 Å². The summed E-state index contributed by atoms with van der Waals surface area (Å²) < 4.78 is 0. The largest absolute Gasteiger partial charge is 0.507 e. The van der Waals surface area contributed by atoms with Crippen LogP contribution in [-0.2, 0) is 6.42 Å². The standard InChI is InChI=1S/C15H14ClNO2/c1-2-10-5-3-4-6-13(10)17-15(19)12-8-7-11(16)9-14(12)18/h3-9,18H,2H2,1H3,(H,17,19). The third kappa shape index (κ3) is 3.06. The molecule has 2 aromatic rings. The molecule has 2 rings (SSSR count). The first-order chi connectivity index (χ1) is 9.11. The van der Waals surface area contributed by atoms with Crippen LogP contribution in [0.2, 0.25) is 5.02 Å². The Morgan fingerprint density at radius 2 is 2.00 bits per heavy atom. The van der Waals surface area contributed by atoms with Gasteiger partial charge >= 0.3 is 0 Å². The first-order valence-electron chi connectivity index (χ1n) is 5.99. The fraction of sp³-hybridized carbons (Fsp3) is 0.133. The van der Waals surface area contributed by atoms with E-state index >= 15 is 0 Å². The molecule has 0 radical (unpaired) electrons. The number of anilines is 1. The van der Waals surface area contributed by atoms with Crippen molar-refractivity contribution in [2.45, 2.75) is 13.3 Å². The number of aromatic hydroxyl groups is 1. The summed E-state index contributed by atoms with van der Waals surface area (Å²) in [5.74, 6) is -0.478. The number of benzene rings is 2. The molecule has 0 atom stereocenters. The van der Waals surface area contributed by atoms with Gasteiger partial charge in [-0.05, 0) is 36.2 Å². The van der Waals surface area contributed by atoms with Gasteiger partial charge in [-0.3, -0.25) is 4.79 Å². The van der Waals surface area contributed by atoms with Crippen molar-refractivity contribution >= 4 is 23.2 Å².